The highest BCUT2D eigenvalue weighted by atomic mass is 32.1. The first-order chi connectivity index (χ1) is 11.6. The maximum Gasteiger partial charge on any atom is 0.416 e. The van der Waals surface area contributed by atoms with Crippen LogP contribution in [-0.2, 0) is 17.1 Å². The van der Waals surface area contributed by atoms with Crippen molar-refractivity contribution in [3.63, 3.8) is 0 Å². The molecule has 0 N–H and O–H groups in total. The number of morpholine rings is 1. The summed E-state index contributed by atoms with van der Waals surface area (Å²) in [4.78, 5) is 5.92. The van der Waals surface area contributed by atoms with Crippen molar-refractivity contribution in [1.82, 2.24) is 9.36 Å². The fourth-order valence-electron chi connectivity index (χ4n) is 2.30. The van der Waals surface area contributed by atoms with Crippen LogP contribution in [0.4, 0.5) is 31.5 Å². The predicted molar refractivity (Wildman–Crippen MR) is 78.4 cm³/mol. The lowest BCUT2D eigenvalue weighted by Gasteiger charge is -2.25. The van der Waals surface area contributed by atoms with E-state index in [1.807, 2.05) is 4.90 Å². The lowest BCUT2D eigenvalue weighted by Crippen LogP contribution is -2.36. The van der Waals surface area contributed by atoms with Gasteiger partial charge >= 0.3 is 12.4 Å². The Morgan fingerprint density at radius 3 is 2.00 bits per heavy atom. The Labute approximate surface area is 142 Å². The van der Waals surface area contributed by atoms with Crippen LogP contribution < -0.4 is 4.90 Å². The number of alkyl halides is 6. The maximum absolute atomic E-state index is 12.9. The predicted octanol–water partition coefficient (Wildman–Crippen LogP) is 4.08. The fraction of sp³-hybridized carbons (Fsp3) is 0.429. The van der Waals surface area contributed by atoms with E-state index in [2.05, 4.69) is 9.36 Å². The van der Waals surface area contributed by atoms with Crippen LogP contribution in [0.25, 0.3) is 11.4 Å². The number of ether oxygens (including phenoxy) is 1. The van der Waals surface area contributed by atoms with E-state index in [9.17, 15) is 26.3 Å². The molecule has 1 aliphatic rings. The molecular weight excluding hydrogens is 372 g/mol. The van der Waals surface area contributed by atoms with Crippen LogP contribution in [0.2, 0.25) is 0 Å². The Morgan fingerprint density at radius 2 is 1.48 bits per heavy atom. The van der Waals surface area contributed by atoms with Crippen LogP contribution in [0.15, 0.2) is 18.2 Å². The first-order valence-corrected chi connectivity index (χ1v) is 7.88. The van der Waals surface area contributed by atoms with E-state index in [1.165, 1.54) is 0 Å². The molecule has 0 atom stereocenters. The second kappa shape index (κ2) is 6.45. The normalized spacial score (nSPS) is 16.3. The highest BCUT2D eigenvalue weighted by molar-refractivity contribution is 7.09. The molecule has 3 rings (SSSR count). The van der Waals surface area contributed by atoms with Gasteiger partial charge in [0.05, 0.1) is 24.3 Å². The van der Waals surface area contributed by atoms with Crippen molar-refractivity contribution in [3.8, 4) is 11.4 Å². The van der Waals surface area contributed by atoms with Crippen molar-refractivity contribution in [2.45, 2.75) is 12.4 Å². The zero-order chi connectivity index (χ0) is 18.2. The number of hydrogen-bond acceptors (Lipinski definition) is 5. The SMILES string of the molecule is FC(F)(F)c1cc(-c2nsc(N3CCOCC3)n2)cc(C(F)(F)F)c1. The third-order valence-corrected chi connectivity index (χ3v) is 4.32. The standard InChI is InChI=1S/C14H11F6N3OS/c15-13(16,17)9-5-8(6-10(7-9)14(18,19)20)11-21-12(25-22-11)23-1-3-24-4-2-23/h5-7H,1-4H2. The fourth-order valence-corrected chi connectivity index (χ4v) is 3.04. The number of benzene rings is 1. The Balaban J connectivity index is 2.00. The summed E-state index contributed by atoms with van der Waals surface area (Å²) in [7, 11) is 0. The molecule has 0 amide bonds. The van der Waals surface area contributed by atoms with E-state index in [-0.39, 0.29) is 17.5 Å². The molecule has 1 aromatic heterocycles. The number of aromatic nitrogens is 2. The summed E-state index contributed by atoms with van der Waals surface area (Å²) in [5, 5.41) is 0.435. The van der Waals surface area contributed by atoms with Gasteiger partial charge in [-0.25, -0.2) is 0 Å². The highest BCUT2D eigenvalue weighted by Crippen LogP contribution is 2.38. The van der Waals surface area contributed by atoms with Crippen LogP contribution in [0.5, 0.6) is 0 Å². The summed E-state index contributed by atoms with van der Waals surface area (Å²) in [5.74, 6) is -0.164. The minimum atomic E-state index is -4.90. The van der Waals surface area contributed by atoms with Crippen LogP contribution in [0.1, 0.15) is 11.1 Å². The number of nitrogens with zero attached hydrogens (tertiary/aromatic N) is 3. The summed E-state index contributed by atoms with van der Waals surface area (Å²) >= 11 is 0.924. The lowest BCUT2D eigenvalue weighted by atomic mass is 10.0. The van der Waals surface area contributed by atoms with Gasteiger partial charge in [0.15, 0.2) is 5.82 Å². The van der Waals surface area contributed by atoms with Crippen LogP contribution in [0.3, 0.4) is 0 Å². The summed E-state index contributed by atoms with van der Waals surface area (Å²) in [6, 6.07) is 1.33. The van der Waals surface area contributed by atoms with Gasteiger partial charge in [-0.1, -0.05) is 0 Å². The monoisotopic (exact) mass is 383 g/mol. The van der Waals surface area contributed by atoms with Crippen molar-refractivity contribution >= 4 is 16.7 Å². The van der Waals surface area contributed by atoms with Crippen molar-refractivity contribution < 1.29 is 31.1 Å². The van der Waals surface area contributed by atoms with Gasteiger partial charge in [0.25, 0.3) is 0 Å². The van der Waals surface area contributed by atoms with Crippen LogP contribution >= 0.6 is 11.5 Å². The van der Waals surface area contributed by atoms with Gasteiger partial charge in [-0.2, -0.15) is 35.7 Å². The topological polar surface area (TPSA) is 38.2 Å². The van der Waals surface area contributed by atoms with Gasteiger partial charge in [-0.05, 0) is 18.2 Å². The Bertz CT molecular complexity index is 720. The average molecular weight is 383 g/mol. The van der Waals surface area contributed by atoms with Gasteiger partial charge in [0.1, 0.15) is 0 Å². The molecule has 0 spiro atoms. The number of halogens is 6. The van der Waals surface area contributed by atoms with E-state index < -0.39 is 23.5 Å². The van der Waals surface area contributed by atoms with Gasteiger partial charge in [0, 0.05) is 30.2 Å². The van der Waals surface area contributed by atoms with Gasteiger partial charge in [-0.15, -0.1) is 0 Å². The van der Waals surface area contributed by atoms with Crippen LogP contribution in [-0.4, -0.2) is 35.7 Å². The van der Waals surface area contributed by atoms with E-state index in [1.54, 1.807) is 0 Å². The lowest BCUT2D eigenvalue weighted by molar-refractivity contribution is -0.143. The van der Waals surface area contributed by atoms with Crippen molar-refractivity contribution in [2.24, 2.45) is 0 Å². The van der Waals surface area contributed by atoms with Crippen LogP contribution in [0, 0.1) is 0 Å². The number of anilines is 1. The summed E-state index contributed by atoms with van der Waals surface area (Å²) in [6.45, 7) is 2.00. The Hall–Kier alpha value is -1.88. The first kappa shape index (κ1) is 17.9. The minimum absolute atomic E-state index is 0.0821. The van der Waals surface area contributed by atoms with Crippen molar-refractivity contribution in [1.29, 1.82) is 0 Å². The molecule has 0 saturated carbocycles. The molecule has 4 nitrogen and oxygen atoms in total. The maximum atomic E-state index is 12.9. The van der Waals surface area contributed by atoms with E-state index >= 15 is 0 Å². The van der Waals surface area contributed by atoms with E-state index in [0.29, 0.717) is 43.6 Å². The molecule has 0 radical (unpaired) electrons. The molecule has 2 aromatic rings. The minimum Gasteiger partial charge on any atom is -0.378 e. The summed E-state index contributed by atoms with van der Waals surface area (Å²) in [5.41, 5.74) is -3.10. The van der Waals surface area contributed by atoms with E-state index in [0.717, 1.165) is 11.5 Å². The summed E-state index contributed by atoms with van der Waals surface area (Å²) < 4.78 is 86.6. The molecule has 1 aliphatic heterocycles. The third-order valence-electron chi connectivity index (χ3n) is 3.54. The Morgan fingerprint density at radius 1 is 0.920 bits per heavy atom. The van der Waals surface area contributed by atoms with Gasteiger partial charge < -0.3 is 9.64 Å². The third kappa shape index (κ3) is 4.03. The van der Waals surface area contributed by atoms with Crippen molar-refractivity contribution in [3.05, 3.63) is 29.3 Å². The van der Waals surface area contributed by atoms with Gasteiger partial charge in [-0.3, -0.25) is 0 Å². The van der Waals surface area contributed by atoms with Gasteiger partial charge in [0.2, 0.25) is 5.13 Å². The molecule has 1 saturated heterocycles. The molecule has 1 fully saturated rings. The zero-order valence-corrected chi connectivity index (χ0v) is 13.3. The molecule has 11 heteroatoms. The second-order valence-corrected chi connectivity index (χ2v) is 6.02. The average Bonchev–Trinajstić information content (AvgIpc) is 3.04. The number of rotatable bonds is 2. The smallest absolute Gasteiger partial charge is 0.378 e. The zero-order valence-electron chi connectivity index (χ0n) is 12.5. The van der Waals surface area contributed by atoms with E-state index in [4.69, 9.17) is 4.74 Å². The molecule has 2 heterocycles. The number of hydrogen-bond donors (Lipinski definition) is 0. The van der Waals surface area contributed by atoms with Crippen molar-refractivity contribution in [2.75, 3.05) is 31.2 Å². The first-order valence-electron chi connectivity index (χ1n) is 7.11. The molecule has 1 aromatic carbocycles. The molecule has 25 heavy (non-hydrogen) atoms. The Kier molecular flexibility index (Phi) is 4.62. The quantitative estimate of drug-likeness (QED) is 0.733. The summed E-state index contributed by atoms with van der Waals surface area (Å²) in [6.07, 6.45) is -9.81. The molecule has 0 unspecified atom stereocenters. The second-order valence-electron chi connectivity index (χ2n) is 5.29. The largest absolute Gasteiger partial charge is 0.416 e. The molecular formula is C14H11F6N3OS. The molecule has 136 valence electrons. The highest BCUT2D eigenvalue weighted by Gasteiger charge is 2.37. The molecule has 0 bridgehead atoms. The molecule has 0 aliphatic carbocycles.